The Morgan fingerprint density at radius 3 is 2.86 bits per heavy atom. The number of hydrogen-bond donors (Lipinski definition) is 0. The van der Waals surface area contributed by atoms with E-state index < -0.39 is 0 Å². The van der Waals surface area contributed by atoms with Crippen molar-refractivity contribution in [2.45, 2.75) is 30.8 Å². The molecule has 0 fully saturated rings. The fourth-order valence-corrected chi connectivity index (χ4v) is 2.95. The van der Waals surface area contributed by atoms with E-state index in [1.54, 1.807) is 11.8 Å². The Bertz CT molecular complexity index is 762. The van der Waals surface area contributed by atoms with Gasteiger partial charge in [-0.25, -0.2) is 4.98 Å². The maximum absolute atomic E-state index is 5.53. The number of hydrogen-bond acceptors (Lipinski definition) is 5. The Morgan fingerprint density at radius 1 is 1.29 bits per heavy atom. The van der Waals surface area contributed by atoms with Crippen molar-refractivity contribution in [3.05, 3.63) is 48.7 Å². The van der Waals surface area contributed by atoms with Gasteiger partial charge in [0.1, 0.15) is 0 Å². The first-order valence-electron chi connectivity index (χ1n) is 6.82. The van der Waals surface area contributed by atoms with Crippen molar-refractivity contribution < 1.29 is 4.42 Å². The monoisotopic (exact) mass is 300 g/mol. The zero-order chi connectivity index (χ0) is 14.7. The number of nitrogens with zero attached hydrogens (tertiary/aromatic N) is 4. The normalized spacial score (nSPS) is 11.1. The minimum Gasteiger partial charge on any atom is -0.424 e. The predicted molar refractivity (Wildman–Crippen MR) is 83.2 cm³/mol. The third-order valence-electron chi connectivity index (χ3n) is 3.07. The van der Waals surface area contributed by atoms with Gasteiger partial charge in [0.15, 0.2) is 5.16 Å². The number of aryl methyl sites for hydroxylation is 1. The molecule has 0 spiro atoms. The zero-order valence-corrected chi connectivity index (χ0v) is 12.6. The summed E-state index contributed by atoms with van der Waals surface area (Å²) < 4.78 is 7.67. The molecule has 0 unspecified atom stereocenters. The number of imidazole rings is 1. The quantitative estimate of drug-likeness (QED) is 0.515. The molecule has 0 amide bonds. The highest BCUT2D eigenvalue weighted by molar-refractivity contribution is 7.98. The maximum Gasteiger partial charge on any atom is 0.226 e. The van der Waals surface area contributed by atoms with E-state index in [0.717, 1.165) is 29.2 Å². The Balaban J connectivity index is 1.85. The Kier molecular flexibility index (Phi) is 4.06. The largest absolute Gasteiger partial charge is 0.424 e. The van der Waals surface area contributed by atoms with Crippen LogP contribution in [0.3, 0.4) is 0 Å². The molecule has 0 N–H and O–H groups in total. The standard InChI is InChI=1S/C15H16N4OS/c1-3-9-19-12-8-6-5-7-11(12)16-15(19)21-10-14-18-17-13(4-2)20-14/h3,5-8H,1,4,9-10H2,2H3. The summed E-state index contributed by atoms with van der Waals surface area (Å²) in [7, 11) is 0. The van der Waals surface area contributed by atoms with Crippen LogP contribution in [0.15, 0.2) is 46.5 Å². The van der Waals surface area contributed by atoms with Crippen LogP contribution in [0.2, 0.25) is 0 Å². The summed E-state index contributed by atoms with van der Waals surface area (Å²) in [4.78, 5) is 4.66. The van der Waals surface area contributed by atoms with E-state index in [1.165, 1.54) is 0 Å². The molecule has 0 bridgehead atoms. The molecule has 0 aliphatic carbocycles. The first-order valence-corrected chi connectivity index (χ1v) is 7.80. The number of benzene rings is 1. The molecule has 6 heteroatoms. The van der Waals surface area contributed by atoms with E-state index >= 15 is 0 Å². The second kappa shape index (κ2) is 6.13. The molecular weight excluding hydrogens is 284 g/mol. The van der Waals surface area contributed by atoms with Gasteiger partial charge >= 0.3 is 0 Å². The van der Waals surface area contributed by atoms with Gasteiger partial charge in [0.2, 0.25) is 11.8 Å². The highest BCUT2D eigenvalue weighted by atomic mass is 32.2. The van der Waals surface area contributed by atoms with Crippen molar-refractivity contribution >= 4 is 22.8 Å². The van der Waals surface area contributed by atoms with Gasteiger partial charge in [0, 0.05) is 13.0 Å². The molecule has 2 aromatic heterocycles. The molecule has 0 atom stereocenters. The van der Waals surface area contributed by atoms with Gasteiger partial charge in [0.05, 0.1) is 16.8 Å². The lowest BCUT2D eigenvalue weighted by Gasteiger charge is -2.04. The van der Waals surface area contributed by atoms with Crippen molar-refractivity contribution in [3.63, 3.8) is 0 Å². The lowest BCUT2D eigenvalue weighted by molar-refractivity contribution is 0.469. The van der Waals surface area contributed by atoms with Crippen molar-refractivity contribution in [3.8, 4) is 0 Å². The van der Waals surface area contributed by atoms with Crippen LogP contribution in [-0.2, 0) is 18.7 Å². The molecule has 3 rings (SSSR count). The van der Waals surface area contributed by atoms with Crippen molar-refractivity contribution in [1.29, 1.82) is 0 Å². The first kappa shape index (κ1) is 13.9. The van der Waals surface area contributed by atoms with E-state index in [1.807, 2.05) is 31.2 Å². The second-order valence-electron chi connectivity index (χ2n) is 4.51. The van der Waals surface area contributed by atoms with Crippen molar-refractivity contribution in [2.24, 2.45) is 0 Å². The van der Waals surface area contributed by atoms with Gasteiger partial charge in [-0.2, -0.15) is 0 Å². The number of allylic oxidation sites excluding steroid dienone is 1. The van der Waals surface area contributed by atoms with E-state index in [4.69, 9.17) is 4.42 Å². The van der Waals surface area contributed by atoms with Gasteiger partial charge in [-0.05, 0) is 12.1 Å². The van der Waals surface area contributed by atoms with Gasteiger partial charge in [0.25, 0.3) is 0 Å². The number of thioether (sulfide) groups is 1. The minimum absolute atomic E-state index is 0.619. The van der Waals surface area contributed by atoms with Crippen molar-refractivity contribution in [2.75, 3.05) is 0 Å². The summed E-state index contributed by atoms with van der Waals surface area (Å²) in [5, 5.41) is 8.95. The summed E-state index contributed by atoms with van der Waals surface area (Å²) in [6.45, 7) is 6.54. The molecule has 0 aliphatic heterocycles. The third-order valence-corrected chi connectivity index (χ3v) is 4.03. The van der Waals surface area contributed by atoms with Gasteiger partial charge in [-0.3, -0.25) is 0 Å². The highest BCUT2D eigenvalue weighted by Gasteiger charge is 2.12. The highest BCUT2D eigenvalue weighted by Crippen LogP contribution is 2.26. The molecule has 1 aromatic carbocycles. The molecule has 0 radical (unpaired) electrons. The van der Waals surface area contributed by atoms with Crippen LogP contribution in [0.25, 0.3) is 11.0 Å². The molecule has 0 saturated carbocycles. The number of para-hydroxylation sites is 2. The van der Waals surface area contributed by atoms with Crippen LogP contribution < -0.4 is 0 Å². The molecule has 21 heavy (non-hydrogen) atoms. The summed E-state index contributed by atoms with van der Waals surface area (Å²) in [5.74, 6) is 1.92. The van der Waals surface area contributed by atoms with Gasteiger partial charge < -0.3 is 8.98 Å². The van der Waals surface area contributed by atoms with Crippen LogP contribution >= 0.6 is 11.8 Å². The average Bonchev–Trinajstić information content (AvgIpc) is 3.10. The summed E-state index contributed by atoms with van der Waals surface area (Å²) in [5.41, 5.74) is 2.10. The molecule has 2 heterocycles. The van der Waals surface area contributed by atoms with Crippen LogP contribution in [0.5, 0.6) is 0 Å². The Morgan fingerprint density at radius 2 is 2.10 bits per heavy atom. The van der Waals surface area contributed by atoms with E-state index in [2.05, 4.69) is 32.4 Å². The smallest absolute Gasteiger partial charge is 0.226 e. The van der Waals surface area contributed by atoms with Crippen molar-refractivity contribution in [1.82, 2.24) is 19.7 Å². The topological polar surface area (TPSA) is 56.7 Å². The molecule has 0 saturated heterocycles. The summed E-state index contributed by atoms with van der Waals surface area (Å²) in [6, 6.07) is 8.09. The maximum atomic E-state index is 5.53. The first-order chi connectivity index (χ1) is 10.3. The second-order valence-corrected chi connectivity index (χ2v) is 5.46. The van der Waals surface area contributed by atoms with Gasteiger partial charge in [-0.15, -0.1) is 16.8 Å². The fourth-order valence-electron chi connectivity index (χ4n) is 2.08. The molecule has 3 aromatic rings. The van der Waals surface area contributed by atoms with Crippen LogP contribution in [0, 0.1) is 0 Å². The number of aromatic nitrogens is 4. The van der Waals surface area contributed by atoms with E-state index in [0.29, 0.717) is 17.5 Å². The minimum atomic E-state index is 0.619. The molecule has 108 valence electrons. The number of fused-ring (bicyclic) bond motifs is 1. The van der Waals surface area contributed by atoms with E-state index in [9.17, 15) is 0 Å². The molecule has 0 aliphatic rings. The molecule has 5 nitrogen and oxygen atoms in total. The van der Waals surface area contributed by atoms with Gasteiger partial charge in [-0.1, -0.05) is 36.9 Å². The lowest BCUT2D eigenvalue weighted by atomic mass is 10.3. The Labute approximate surface area is 127 Å². The zero-order valence-electron chi connectivity index (χ0n) is 11.8. The molecular formula is C15H16N4OS. The lowest BCUT2D eigenvalue weighted by Crippen LogP contribution is -1.97. The third kappa shape index (κ3) is 2.85. The van der Waals surface area contributed by atoms with Crippen LogP contribution in [0.1, 0.15) is 18.7 Å². The number of rotatable bonds is 6. The fraction of sp³-hybridized carbons (Fsp3) is 0.267. The average molecular weight is 300 g/mol. The summed E-state index contributed by atoms with van der Waals surface area (Å²) in [6.07, 6.45) is 2.63. The SMILES string of the molecule is C=CCn1c(SCc2nnc(CC)o2)nc2ccccc21. The predicted octanol–water partition coefficient (Wildman–Crippen LogP) is 3.46. The van der Waals surface area contributed by atoms with Crippen LogP contribution in [0.4, 0.5) is 0 Å². The van der Waals surface area contributed by atoms with E-state index in [-0.39, 0.29) is 0 Å². The van der Waals surface area contributed by atoms with Crippen LogP contribution in [-0.4, -0.2) is 19.7 Å². The Hall–Kier alpha value is -2.08. The summed E-state index contributed by atoms with van der Waals surface area (Å²) >= 11 is 1.60.